The first-order valence-corrected chi connectivity index (χ1v) is 7.94. The maximum atomic E-state index is 12.1. The maximum absolute atomic E-state index is 12.1. The van der Waals surface area contributed by atoms with Gasteiger partial charge in [-0.05, 0) is 24.7 Å². The van der Waals surface area contributed by atoms with Crippen LogP contribution in [0, 0.1) is 0 Å². The van der Waals surface area contributed by atoms with Crippen molar-refractivity contribution < 1.29 is 8.42 Å². The lowest BCUT2D eigenvalue weighted by Crippen LogP contribution is -2.23. The van der Waals surface area contributed by atoms with E-state index in [1.54, 1.807) is 31.3 Å². The van der Waals surface area contributed by atoms with Gasteiger partial charge in [0, 0.05) is 30.0 Å². The van der Waals surface area contributed by atoms with Crippen LogP contribution in [0.5, 0.6) is 0 Å². The van der Waals surface area contributed by atoms with E-state index in [0.29, 0.717) is 11.6 Å². The van der Waals surface area contributed by atoms with Crippen LogP contribution < -0.4 is 10.0 Å². The molecule has 0 aliphatic heterocycles. The van der Waals surface area contributed by atoms with Crippen molar-refractivity contribution in [3.05, 3.63) is 52.8 Å². The number of benzene rings is 1. The Balaban J connectivity index is 2.09. The minimum Gasteiger partial charge on any atom is -0.363 e. The highest BCUT2D eigenvalue weighted by Crippen LogP contribution is 2.16. The molecule has 0 saturated heterocycles. The Hall–Kier alpha value is -1.34. The summed E-state index contributed by atoms with van der Waals surface area (Å²) < 4.78 is 26.8. The van der Waals surface area contributed by atoms with Crippen LogP contribution in [-0.4, -0.2) is 20.4 Å². The molecule has 20 heavy (non-hydrogen) atoms. The Labute approximate surface area is 123 Å². The van der Waals surface area contributed by atoms with E-state index in [1.165, 1.54) is 6.20 Å². The molecule has 3 N–H and O–H groups in total. The molecule has 0 radical (unpaired) electrons. The molecule has 1 aromatic carbocycles. The average molecular weight is 314 g/mol. The SMILES string of the molecule is CNCc1cc(S(=O)(=O)NCc2ccccc2Cl)c[nH]1. The summed E-state index contributed by atoms with van der Waals surface area (Å²) in [6, 6.07) is 8.74. The third-order valence-electron chi connectivity index (χ3n) is 2.80. The van der Waals surface area contributed by atoms with E-state index in [9.17, 15) is 8.42 Å². The lowest BCUT2D eigenvalue weighted by Gasteiger charge is -2.06. The Morgan fingerprint density at radius 2 is 2.00 bits per heavy atom. The van der Waals surface area contributed by atoms with E-state index in [1.807, 2.05) is 6.07 Å². The monoisotopic (exact) mass is 313 g/mol. The summed E-state index contributed by atoms with van der Waals surface area (Å²) in [6.45, 7) is 0.745. The van der Waals surface area contributed by atoms with Gasteiger partial charge in [-0.2, -0.15) is 0 Å². The van der Waals surface area contributed by atoms with Crippen molar-refractivity contribution in [1.29, 1.82) is 0 Å². The Morgan fingerprint density at radius 3 is 2.70 bits per heavy atom. The lowest BCUT2D eigenvalue weighted by molar-refractivity contribution is 0.581. The van der Waals surface area contributed by atoms with Crippen LogP contribution in [0.25, 0.3) is 0 Å². The quantitative estimate of drug-likeness (QED) is 0.762. The molecule has 0 fully saturated rings. The van der Waals surface area contributed by atoms with E-state index in [4.69, 9.17) is 11.6 Å². The normalized spacial score (nSPS) is 11.7. The van der Waals surface area contributed by atoms with Gasteiger partial charge in [0.25, 0.3) is 0 Å². The van der Waals surface area contributed by atoms with Crippen molar-refractivity contribution in [2.75, 3.05) is 7.05 Å². The minimum atomic E-state index is -3.54. The number of hydrogen-bond donors (Lipinski definition) is 3. The first-order chi connectivity index (χ1) is 9.53. The third kappa shape index (κ3) is 3.61. The first kappa shape index (κ1) is 15.1. The van der Waals surface area contributed by atoms with Crippen molar-refractivity contribution >= 4 is 21.6 Å². The summed E-state index contributed by atoms with van der Waals surface area (Å²) >= 11 is 6.00. The predicted molar refractivity (Wildman–Crippen MR) is 79.0 cm³/mol. The zero-order valence-corrected chi connectivity index (χ0v) is 12.6. The second-order valence-corrected chi connectivity index (χ2v) is 6.48. The molecule has 2 aromatic rings. The molecule has 0 aliphatic carbocycles. The summed E-state index contributed by atoms with van der Waals surface area (Å²) in [5.41, 5.74) is 1.55. The summed E-state index contributed by atoms with van der Waals surface area (Å²) in [4.78, 5) is 3.13. The fourth-order valence-electron chi connectivity index (χ4n) is 1.76. The van der Waals surface area contributed by atoms with Gasteiger partial charge < -0.3 is 10.3 Å². The zero-order valence-electron chi connectivity index (χ0n) is 11.0. The molecule has 0 unspecified atom stereocenters. The number of halogens is 1. The molecule has 7 heteroatoms. The highest BCUT2D eigenvalue weighted by molar-refractivity contribution is 7.89. The maximum Gasteiger partial charge on any atom is 0.242 e. The number of aromatic nitrogens is 1. The van der Waals surface area contributed by atoms with Crippen LogP contribution in [0.1, 0.15) is 11.3 Å². The molecule has 0 spiro atoms. The lowest BCUT2D eigenvalue weighted by atomic mass is 10.2. The van der Waals surface area contributed by atoms with E-state index < -0.39 is 10.0 Å². The number of aromatic amines is 1. The summed E-state index contributed by atoms with van der Waals surface area (Å²) in [6.07, 6.45) is 1.47. The van der Waals surface area contributed by atoms with Crippen molar-refractivity contribution in [2.24, 2.45) is 0 Å². The molecule has 0 saturated carbocycles. The predicted octanol–water partition coefficient (Wildman–Crippen LogP) is 1.87. The fraction of sp³-hybridized carbons (Fsp3) is 0.231. The van der Waals surface area contributed by atoms with Crippen molar-refractivity contribution in [3.63, 3.8) is 0 Å². The Kier molecular flexibility index (Phi) is 4.82. The zero-order chi connectivity index (χ0) is 14.6. The fourth-order valence-corrected chi connectivity index (χ4v) is 2.99. The van der Waals surface area contributed by atoms with E-state index in [2.05, 4.69) is 15.0 Å². The summed E-state index contributed by atoms with van der Waals surface area (Å²) in [5.74, 6) is 0. The van der Waals surface area contributed by atoms with Crippen molar-refractivity contribution in [1.82, 2.24) is 15.0 Å². The smallest absolute Gasteiger partial charge is 0.242 e. The standard InChI is InChI=1S/C13H16ClN3O2S/c1-15-8-11-6-12(9-16-11)20(18,19)17-7-10-4-2-3-5-13(10)14/h2-6,9,15-17H,7-8H2,1H3. The van der Waals surface area contributed by atoms with Gasteiger partial charge >= 0.3 is 0 Å². The molecule has 1 heterocycles. The molecular weight excluding hydrogens is 298 g/mol. The topological polar surface area (TPSA) is 74.0 Å². The highest BCUT2D eigenvalue weighted by Gasteiger charge is 2.16. The van der Waals surface area contributed by atoms with E-state index in [0.717, 1.165) is 11.3 Å². The molecule has 0 atom stereocenters. The van der Waals surface area contributed by atoms with Gasteiger partial charge in [-0.3, -0.25) is 0 Å². The second kappa shape index (κ2) is 6.41. The molecular formula is C13H16ClN3O2S. The van der Waals surface area contributed by atoms with Gasteiger partial charge in [0.15, 0.2) is 0 Å². The number of hydrogen-bond acceptors (Lipinski definition) is 3. The molecule has 0 aliphatic rings. The van der Waals surface area contributed by atoms with Crippen molar-refractivity contribution in [3.8, 4) is 0 Å². The molecule has 1 aromatic heterocycles. The highest BCUT2D eigenvalue weighted by atomic mass is 35.5. The van der Waals surface area contributed by atoms with Gasteiger partial charge in [-0.1, -0.05) is 29.8 Å². The van der Waals surface area contributed by atoms with Gasteiger partial charge in [-0.15, -0.1) is 0 Å². The number of sulfonamides is 1. The molecule has 0 bridgehead atoms. The molecule has 108 valence electrons. The summed E-state index contributed by atoms with van der Waals surface area (Å²) in [7, 11) is -1.74. The van der Waals surface area contributed by atoms with Crippen LogP contribution in [-0.2, 0) is 23.1 Å². The van der Waals surface area contributed by atoms with E-state index in [-0.39, 0.29) is 11.4 Å². The summed E-state index contributed by atoms with van der Waals surface area (Å²) in [5, 5.41) is 3.49. The molecule has 2 rings (SSSR count). The largest absolute Gasteiger partial charge is 0.363 e. The Morgan fingerprint density at radius 1 is 1.25 bits per heavy atom. The first-order valence-electron chi connectivity index (χ1n) is 6.08. The van der Waals surface area contributed by atoms with Crippen molar-refractivity contribution in [2.45, 2.75) is 18.0 Å². The van der Waals surface area contributed by atoms with Crippen LogP contribution in [0.4, 0.5) is 0 Å². The average Bonchev–Trinajstić information content (AvgIpc) is 2.88. The van der Waals surface area contributed by atoms with Gasteiger partial charge in [0.1, 0.15) is 0 Å². The molecule has 5 nitrogen and oxygen atoms in total. The Bertz CT molecular complexity index is 682. The number of H-pyrrole nitrogens is 1. The minimum absolute atomic E-state index is 0.161. The van der Waals surface area contributed by atoms with Crippen LogP contribution in [0.3, 0.4) is 0 Å². The second-order valence-electron chi connectivity index (χ2n) is 4.31. The van der Waals surface area contributed by atoms with Crippen LogP contribution in [0.2, 0.25) is 5.02 Å². The number of nitrogens with one attached hydrogen (secondary N) is 3. The third-order valence-corrected chi connectivity index (χ3v) is 4.55. The van der Waals surface area contributed by atoms with Gasteiger partial charge in [0.2, 0.25) is 10.0 Å². The van der Waals surface area contributed by atoms with Gasteiger partial charge in [0.05, 0.1) is 4.90 Å². The van der Waals surface area contributed by atoms with Gasteiger partial charge in [-0.25, -0.2) is 13.1 Å². The van der Waals surface area contributed by atoms with Crippen LogP contribution >= 0.6 is 11.6 Å². The van der Waals surface area contributed by atoms with Crippen LogP contribution in [0.15, 0.2) is 41.4 Å². The molecule has 0 amide bonds. The van der Waals surface area contributed by atoms with E-state index >= 15 is 0 Å². The number of rotatable bonds is 6.